The molecule has 2 aromatic heterocycles. The van der Waals surface area contributed by atoms with Crippen molar-refractivity contribution < 1.29 is 17.8 Å². The zero-order valence-corrected chi connectivity index (χ0v) is 25.2. The van der Waals surface area contributed by atoms with Crippen molar-refractivity contribution in [2.75, 3.05) is 27.5 Å². The molecule has 220 valence electrons. The van der Waals surface area contributed by atoms with Crippen LogP contribution in [0, 0.1) is 23.0 Å². The molecular weight excluding hydrogens is 625 g/mol. The van der Waals surface area contributed by atoms with Crippen molar-refractivity contribution in [3.05, 3.63) is 102 Å². The Balaban J connectivity index is 0.000000175. The number of halogens is 2. The number of anilines is 4. The van der Waals surface area contributed by atoms with Gasteiger partial charge in [-0.25, -0.2) is 8.78 Å². The molecule has 0 aliphatic heterocycles. The number of thioether (sulfide) groups is 1. The molecular formula is C30H21F2N7O2S3. The van der Waals surface area contributed by atoms with E-state index in [9.17, 15) is 8.78 Å². The van der Waals surface area contributed by atoms with Crippen LogP contribution < -0.4 is 21.3 Å². The first-order chi connectivity index (χ1) is 21.3. The van der Waals surface area contributed by atoms with Crippen LogP contribution in [0.4, 0.5) is 31.8 Å². The van der Waals surface area contributed by atoms with E-state index in [2.05, 4.69) is 31.6 Å². The largest absolute Gasteiger partial charge is 0.354 e. The fourth-order valence-electron chi connectivity index (χ4n) is 3.95. The van der Waals surface area contributed by atoms with Crippen LogP contribution >= 0.6 is 36.2 Å². The van der Waals surface area contributed by atoms with Gasteiger partial charge in [-0.15, -0.1) is 11.8 Å². The summed E-state index contributed by atoms with van der Waals surface area (Å²) in [5.74, 6) is 0.0760. The molecule has 0 aliphatic rings. The van der Waals surface area contributed by atoms with E-state index in [1.807, 2.05) is 36.6 Å². The maximum atomic E-state index is 13.1. The summed E-state index contributed by atoms with van der Waals surface area (Å²) in [6.07, 6.45) is 2.00. The van der Waals surface area contributed by atoms with Crippen molar-refractivity contribution in [2.45, 2.75) is 4.90 Å². The number of rotatable bonds is 5. The molecule has 0 atom stereocenters. The third-order valence-electron chi connectivity index (χ3n) is 5.94. The third-order valence-corrected chi connectivity index (χ3v) is 7.14. The summed E-state index contributed by atoms with van der Waals surface area (Å²) in [6, 6.07) is 25.1. The number of hydrogen-bond donors (Lipinski definition) is 4. The van der Waals surface area contributed by atoms with Gasteiger partial charge in [-0.3, -0.25) is 0 Å². The van der Waals surface area contributed by atoms with Crippen molar-refractivity contribution in [1.29, 1.82) is 5.26 Å². The van der Waals surface area contributed by atoms with Gasteiger partial charge in [0, 0.05) is 22.7 Å². The van der Waals surface area contributed by atoms with Gasteiger partial charge in [-0.2, -0.15) is 5.26 Å². The lowest BCUT2D eigenvalue weighted by Crippen LogP contribution is -2.19. The predicted octanol–water partition coefficient (Wildman–Crippen LogP) is 8.15. The summed E-state index contributed by atoms with van der Waals surface area (Å²) in [7, 11) is 0. The number of para-hydroxylation sites is 1. The fourth-order valence-corrected chi connectivity index (χ4v) is 4.92. The van der Waals surface area contributed by atoms with Crippen LogP contribution in [-0.4, -0.2) is 26.8 Å². The number of aromatic nitrogens is 2. The van der Waals surface area contributed by atoms with Crippen LogP contribution in [0.15, 0.2) is 98.9 Å². The summed E-state index contributed by atoms with van der Waals surface area (Å²) < 4.78 is 36.3. The number of nitrogens with zero attached hydrogens (tertiary/aromatic N) is 3. The van der Waals surface area contributed by atoms with Crippen LogP contribution in [0.5, 0.6) is 0 Å². The molecule has 0 aliphatic carbocycles. The average Bonchev–Trinajstić information content (AvgIpc) is 3.60. The number of thiocarbonyl (C=S) groups is 2. The van der Waals surface area contributed by atoms with Crippen molar-refractivity contribution in [2.24, 2.45) is 0 Å². The molecule has 4 N–H and O–H groups in total. The van der Waals surface area contributed by atoms with E-state index < -0.39 is 5.82 Å². The molecule has 0 saturated carbocycles. The van der Waals surface area contributed by atoms with Gasteiger partial charge >= 0.3 is 0 Å². The Morgan fingerprint density at radius 2 is 1.34 bits per heavy atom. The Morgan fingerprint density at radius 1 is 0.750 bits per heavy atom. The molecule has 2 heterocycles. The fraction of sp³-hybridized carbons (Fsp3) is 0.0333. The smallest absolute Gasteiger partial charge is 0.183 e. The number of hydrogen-bond acceptors (Lipinski definition) is 8. The van der Waals surface area contributed by atoms with Crippen LogP contribution in [0.25, 0.3) is 21.9 Å². The van der Waals surface area contributed by atoms with Crippen LogP contribution in [0.1, 0.15) is 5.56 Å². The van der Waals surface area contributed by atoms with Gasteiger partial charge in [0.2, 0.25) is 0 Å². The van der Waals surface area contributed by atoms with Crippen molar-refractivity contribution in [1.82, 2.24) is 10.3 Å². The molecule has 44 heavy (non-hydrogen) atoms. The van der Waals surface area contributed by atoms with Gasteiger partial charge in [0.15, 0.2) is 33.0 Å². The number of nitriles is 1. The summed E-state index contributed by atoms with van der Waals surface area (Å²) in [5.41, 5.74) is 2.81. The highest BCUT2D eigenvalue weighted by Gasteiger charge is 2.12. The number of nitrogens with one attached hydrogen (secondary N) is 4. The minimum absolute atomic E-state index is 0.287. The first-order valence-electron chi connectivity index (χ1n) is 12.7. The Labute approximate surface area is 264 Å². The van der Waals surface area contributed by atoms with Crippen LogP contribution in [0.2, 0.25) is 0 Å². The number of benzene rings is 4. The highest BCUT2D eigenvalue weighted by atomic mass is 32.2. The van der Waals surface area contributed by atoms with Crippen molar-refractivity contribution >= 4 is 91.4 Å². The van der Waals surface area contributed by atoms with E-state index >= 15 is 0 Å². The van der Waals surface area contributed by atoms with E-state index in [0.29, 0.717) is 49.9 Å². The quantitative estimate of drug-likeness (QED) is 0.107. The van der Waals surface area contributed by atoms with Crippen LogP contribution in [-0.2, 0) is 0 Å². The second-order valence-corrected chi connectivity index (χ2v) is 10.6. The molecule has 9 nitrogen and oxygen atoms in total. The summed E-state index contributed by atoms with van der Waals surface area (Å²) in [6.45, 7) is 0. The van der Waals surface area contributed by atoms with E-state index in [0.717, 1.165) is 10.6 Å². The zero-order chi connectivity index (χ0) is 31.1. The van der Waals surface area contributed by atoms with E-state index in [1.165, 1.54) is 24.3 Å². The zero-order valence-electron chi connectivity index (χ0n) is 22.7. The predicted molar refractivity (Wildman–Crippen MR) is 177 cm³/mol. The molecule has 0 fully saturated rings. The molecule has 0 unspecified atom stereocenters. The van der Waals surface area contributed by atoms with E-state index in [1.54, 1.807) is 48.2 Å². The van der Waals surface area contributed by atoms with Gasteiger partial charge in [0.1, 0.15) is 11.6 Å². The Hall–Kier alpha value is -5.10. The Kier molecular flexibility index (Phi) is 9.60. The molecule has 0 radical (unpaired) electrons. The molecule has 0 saturated heterocycles. The summed E-state index contributed by atoms with van der Waals surface area (Å²) in [5, 5.41) is 30.4. The molecule has 6 rings (SSSR count). The summed E-state index contributed by atoms with van der Waals surface area (Å²) in [4.78, 5) is 1.08. The molecule has 6 aromatic rings. The minimum Gasteiger partial charge on any atom is -0.354 e. The van der Waals surface area contributed by atoms with Gasteiger partial charge in [-0.1, -0.05) is 28.5 Å². The first kappa shape index (κ1) is 30.4. The molecule has 4 aromatic carbocycles. The van der Waals surface area contributed by atoms with E-state index in [-0.39, 0.29) is 10.9 Å². The molecule has 0 spiro atoms. The lowest BCUT2D eigenvalue weighted by molar-refractivity contribution is 0.458. The van der Waals surface area contributed by atoms with Gasteiger partial charge in [0.25, 0.3) is 0 Å². The van der Waals surface area contributed by atoms with Crippen molar-refractivity contribution in [3.63, 3.8) is 0 Å². The average molecular weight is 646 g/mol. The lowest BCUT2D eigenvalue weighted by Gasteiger charge is -2.11. The number of fused-ring (bicyclic) bond motifs is 2. The van der Waals surface area contributed by atoms with E-state index in [4.69, 9.17) is 38.7 Å². The summed E-state index contributed by atoms with van der Waals surface area (Å²) >= 11 is 12.1. The second kappa shape index (κ2) is 13.9. The van der Waals surface area contributed by atoms with Gasteiger partial charge < -0.3 is 30.3 Å². The Bertz CT molecular complexity index is 2020. The monoisotopic (exact) mass is 645 g/mol. The van der Waals surface area contributed by atoms with Gasteiger partial charge in [-0.05, 0) is 85.3 Å². The lowest BCUT2D eigenvalue weighted by atomic mass is 10.2. The highest BCUT2D eigenvalue weighted by Crippen LogP contribution is 2.27. The normalized spacial score (nSPS) is 10.4. The molecule has 0 amide bonds. The molecule has 14 heteroatoms. The van der Waals surface area contributed by atoms with Crippen LogP contribution in [0.3, 0.4) is 0 Å². The van der Waals surface area contributed by atoms with Crippen molar-refractivity contribution in [3.8, 4) is 6.07 Å². The van der Waals surface area contributed by atoms with Gasteiger partial charge in [0.05, 0.1) is 28.1 Å². The minimum atomic E-state index is -0.399. The molecule has 0 bridgehead atoms. The SMILES string of the molecule is CSc1ccccc1NC(=S)Nc1noc2cc(F)ccc12.N#Cc1cccc(NC(=S)Nc2noc3cc(F)ccc23)c1. The maximum absolute atomic E-state index is 13.1. The third kappa shape index (κ3) is 7.45. The second-order valence-electron chi connectivity index (χ2n) is 8.89. The maximum Gasteiger partial charge on any atom is 0.183 e. The standard InChI is InChI=1S/C15H9FN4OS.C15H12FN3OS2/c16-10-4-5-12-13(7-10)21-20-14(12)19-15(22)18-11-3-1-2-9(6-11)8-17;1-22-13-5-3-2-4-11(13)17-15(21)18-14-10-7-6-9(16)8-12(10)20-19-14/h1-7H,(H2,18,19,20,22);2-8H,1H3,(H2,17,18,19,21). The highest BCUT2D eigenvalue weighted by molar-refractivity contribution is 7.98. The Morgan fingerprint density at radius 3 is 1.93 bits per heavy atom. The topological polar surface area (TPSA) is 124 Å². The first-order valence-corrected chi connectivity index (χ1v) is 14.8.